The van der Waals surface area contributed by atoms with Gasteiger partial charge in [0.25, 0.3) is 0 Å². The average molecular weight is 460 g/mol. The molecule has 1 saturated heterocycles. The van der Waals surface area contributed by atoms with Gasteiger partial charge in [0.15, 0.2) is 0 Å². The fourth-order valence-corrected chi connectivity index (χ4v) is 4.11. The first-order valence-corrected chi connectivity index (χ1v) is 11.4. The van der Waals surface area contributed by atoms with Gasteiger partial charge in [-0.05, 0) is 50.6 Å². The average Bonchev–Trinajstić information content (AvgIpc) is 3.44. The van der Waals surface area contributed by atoms with Crippen molar-refractivity contribution >= 4 is 17.6 Å². The number of carbonyl (C=O) groups excluding carboxylic acids is 1. The Labute approximate surface area is 198 Å². The van der Waals surface area contributed by atoms with Gasteiger partial charge in [0, 0.05) is 51.2 Å². The molecule has 1 amide bonds. The standard InChI is InChI=1S/C25H29N7O2/c1-25(2,3)34-24(33)31-12-10-30(11-13-31)22-7-5-6-20(28-22)21-16-26-23-14-18(8-9-32(21)23)19-15-27-29(4)17-19/h5-9,14-17H,10-13H2,1-4H3. The summed E-state index contributed by atoms with van der Waals surface area (Å²) in [4.78, 5) is 25.9. The minimum atomic E-state index is -0.489. The van der Waals surface area contributed by atoms with E-state index in [0.29, 0.717) is 26.2 Å². The molecule has 0 N–H and O–H groups in total. The molecule has 0 aliphatic carbocycles. The van der Waals surface area contributed by atoms with Crippen LogP contribution in [-0.2, 0) is 11.8 Å². The van der Waals surface area contributed by atoms with E-state index in [4.69, 9.17) is 9.72 Å². The lowest BCUT2D eigenvalue weighted by Gasteiger charge is -2.36. The molecule has 1 aliphatic rings. The van der Waals surface area contributed by atoms with E-state index >= 15 is 0 Å². The zero-order valence-corrected chi connectivity index (χ0v) is 20.0. The number of piperazine rings is 1. The lowest BCUT2D eigenvalue weighted by Crippen LogP contribution is -2.50. The summed E-state index contributed by atoms with van der Waals surface area (Å²) in [6, 6.07) is 10.1. The molecule has 4 aromatic heterocycles. The number of ether oxygens (including phenoxy) is 1. The van der Waals surface area contributed by atoms with E-state index in [1.807, 2.05) is 75.2 Å². The van der Waals surface area contributed by atoms with Crippen LogP contribution in [0.5, 0.6) is 0 Å². The smallest absolute Gasteiger partial charge is 0.410 e. The molecule has 0 bridgehead atoms. The van der Waals surface area contributed by atoms with Crippen LogP contribution in [0.25, 0.3) is 28.2 Å². The second kappa shape index (κ2) is 8.48. The van der Waals surface area contributed by atoms with Crippen LogP contribution in [0.1, 0.15) is 20.8 Å². The van der Waals surface area contributed by atoms with Crippen molar-refractivity contribution in [2.45, 2.75) is 26.4 Å². The summed E-state index contributed by atoms with van der Waals surface area (Å²) in [5.41, 5.74) is 4.28. The molecule has 9 nitrogen and oxygen atoms in total. The van der Waals surface area contributed by atoms with Crippen molar-refractivity contribution in [3.63, 3.8) is 0 Å². The zero-order chi connectivity index (χ0) is 23.9. The number of carbonyl (C=O) groups is 1. The fourth-order valence-electron chi connectivity index (χ4n) is 4.11. The Morgan fingerprint density at radius 3 is 2.53 bits per heavy atom. The van der Waals surface area contributed by atoms with Gasteiger partial charge in [0.2, 0.25) is 0 Å². The molecular weight excluding hydrogens is 430 g/mol. The molecular formula is C25H29N7O2. The van der Waals surface area contributed by atoms with Crippen molar-refractivity contribution < 1.29 is 9.53 Å². The predicted octanol–water partition coefficient (Wildman–Crippen LogP) is 3.85. The van der Waals surface area contributed by atoms with E-state index in [2.05, 4.69) is 27.1 Å². The summed E-state index contributed by atoms with van der Waals surface area (Å²) in [5, 5.41) is 4.26. The number of aromatic nitrogens is 5. The van der Waals surface area contributed by atoms with Crippen molar-refractivity contribution in [2.75, 3.05) is 31.1 Å². The topological polar surface area (TPSA) is 80.8 Å². The number of anilines is 1. The lowest BCUT2D eigenvalue weighted by atomic mass is 10.1. The summed E-state index contributed by atoms with van der Waals surface area (Å²) < 4.78 is 9.34. The fraction of sp³-hybridized carbons (Fsp3) is 0.360. The molecule has 0 atom stereocenters. The van der Waals surface area contributed by atoms with Gasteiger partial charge in [-0.2, -0.15) is 5.10 Å². The molecule has 176 valence electrons. The van der Waals surface area contributed by atoms with Gasteiger partial charge in [-0.3, -0.25) is 9.08 Å². The van der Waals surface area contributed by atoms with E-state index in [1.165, 1.54) is 0 Å². The molecule has 1 fully saturated rings. The van der Waals surface area contributed by atoms with Crippen molar-refractivity contribution in [2.24, 2.45) is 7.05 Å². The van der Waals surface area contributed by atoms with E-state index in [0.717, 1.165) is 34.0 Å². The van der Waals surface area contributed by atoms with Crippen LogP contribution in [0.3, 0.4) is 0 Å². The molecule has 1 aliphatic heterocycles. The SMILES string of the molecule is Cn1cc(-c2ccn3c(-c4cccc(N5CCN(C(=O)OC(C)(C)C)CC5)n4)cnc3c2)cn1. The molecule has 0 radical (unpaired) electrons. The molecule has 0 unspecified atom stereocenters. The first kappa shape index (κ1) is 21.9. The molecule has 0 saturated carbocycles. The Morgan fingerprint density at radius 1 is 1.03 bits per heavy atom. The summed E-state index contributed by atoms with van der Waals surface area (Å²) in [6.45, 7) is 8.28. The van der Waals surface area contributed by atoms with Gasteiger partial charge in [-0.15, -0.1) is 0 Å². The maximum absolute atomic E-state index is 12.4. The third-order valence-corrected chi connectivity index (χ3v) is 5.80. The highest BCUT2D eigenvalue weighted by Gasteiger charge is 2.26. The third-order valence-electron chi connectivity index (χ3n) is 5.80. The number of pyridine rings is 2. The van der Waals surface area contributed by atoms with Gasteiger partial charge >= 0.3 is 6.09 Å². The van der Waals surface area contributed by atoms with Gasteiger partial charge < -0.3 is 14.5 Å². The van der Waals surface area contributed by atoms with Crippen LogP contribution in [0, 0.1) is 0 Å². The van der Waals surface area contributed by atoms with Crippen LogP contribution in [0.4, 0.5) is 10.6 Å². The first-order valence-electron chi connectivity index (χ1n) is 11.4. The number of hydrogen-bond donors (Lipinski definition) is 0. The van der Waals surface area contributed by atoms with Crippen LogP contribution in [0.2, 0.25) is 0 Å². The monoisotopic (exact) mass is 459 g/mol. The molecule has 4 aromatic rings. The van der Waals surface area contributed by atoms with Crippen molar-refractivity contribution in [3.05, 3.63) is 55.1 Å². The summed E-state index contributed by atoms with van der Waals surface area (Å²) >= 11 is 0. The van der Waals surface area contributed by atoms with E-state index in [9.17, 15) is 4.79 Å². The van der Waals surface area contributed by atoms with Gasteiger partial charge in [-0.25, -0.2) is 14.8 Å². The number of nitrogens with zero attached hydrogens (tertiary/aromatic N) is 7. The number of amides is 1. The van der Waals surface area contributed by atoms with Gasteiger partial charge in [0.1, 0.15) is 17.1 Å². The Bertz CT molecular complexity index is 1330. The Morgan fingerprint density at radius 2 is 1.82 bits per heavy atom. The van der Waals surface area contributed by atoms with Gasteiger partial charge in [-0.1, -0.05) is 6.07 Å². The number of imidazole rings is 1. The van der Waals surface area contributed by atoms with Crippen molar-refractivity contribution in [3.8, 4) is 22.5 Å². The summed E-state index contributed by atoms with van der Waals surface area (Å²) in [7, 11) is 1.91. The quantitative estimate of drug-likeness (QED) is 0.463. The van der Waals surface area contributed by atoms with E-state index in [-0.39, 0.29) is 6.09 Å². The maximum atomic E-state index is 12.4. The van der Waals surface area contributed by atoms with Crippen molar-refractivity contribution in [1.29, 1.82) is 0 Å². The number of hydrogen-bond acceptors (Lipinski definition) is 6. The molecule has 0 spiro atoms. The summed E-state index contributed by atoms with van der Waals surface area (Å²) in [6.07, 6.45) is 7.46. The Kier molecular flexibility index (Phi) is 5.47. The highest BCUT2D eigenvalue weighted by Crippen LogP contribution is 2.26. The van der Waals surface area contributed by atoms with Crippen LogP contribution >= 0.6 is 0 Å². The minimum Gasteiger partial charge on any atom is -0.444 e. The Balaban J connectivity index is 1.33. The maximum Gasteiger partial charge on any atom is 0.410 e. The molecule has 0 aromatic carbocycles. The lowest BCUT2D eigenvalue weighted by molar-refractivity contribution is 0.0240. The van der Waals surface area contributed by atoms with Crippen LogP contribution < -0.4 is 4.90 Å². The number of fused-ring (bicyclic) bond motifs is 1. The van der Waals surface area contributed by atoms with E-state index < -0.39 is 5.60 Å². The second-order valence-corrected chi connectivity index (χ2v) is 9.53. The normalized spacial score (nSPS) is 14.6. The highest BCUT2D eigenvalue weighted by molar-refractivity contribution is 5.70. The second-order valence-electron chi connectivity index (χ2n) is 9.53. The molecule has 34 heavy (non-hydrogen) atoms. The zero-order valence-electron chi connectivity index (χ0n) is 20.0. The number of rotatable bonds is 3. The highest BCUT2D eigenvalue weighted by atomic mass is 16.6. The minimum absolute atomic E-state index is 0.259. The van der Waals surface area contributed by atoms with E-state index in [1.54, 1.807) is 9.58 Å². The van der Waals surface area contributed by atoms with Crippen LogP contribution in [-0.4, -0.2) is 66.9 Å². The van der Waals surface area contributed by atoms with Crippen LogP contribution in [0.15, 0.2) is 55.1 Å². The molecule has 9 heteroatoms. The third kappa shape index (κ3) is 4.46. The predicted molar refractivity (Wildman–Crippen MR) is 131 cm³/mol. The summed E-state index contributed by atoms with van der Waals surface area (Å²) in [5.74, 6) is 0.892. The number of aryl methyl sites for hydroxylation is 1. The van der Waals surface area contributed by atoms with Gasteiger partial charge in [0.05, 0.1) is 23.8 Å². The molecule has 5 heterocycles. The van der Waals surface area contributed by atoms with Crippen molar-refractivity contribution in [1.82, 2.24) is 29.0 Å². The largest absolute Gasteiger partial charge is 0.444 e. The first-order chi connectivity index (χ1) is 16.3. The Hall–Kier alpha value is -3.88. The molecule has 5 rings (SSSR count).